The summed E-state index contributed by atoms with van der Waals surface area (Å²) in [6, 6.07) is 8.56. The Morgan fingerprint density at radius 3 is 1.00 bits per heavy atom. The molecule has 224 valence electrons. The van der Waals surface area contributed by atoms with E-state index in [4.69, 9.17) is 116 Å². The fourth-order valence-electron chi connectivity index (χ4n) is 4.41. The molecule has 44 heavy (non-hydrogen) atoms. The van der Waals surface area contributed by atoms with Crippen molar-refractivity contribution in [3.63, 3.8) is 0 Å². The molecule has 4 aromatic carbocycles. The Bertz CT molecular complexity index is 1810. The highest BCUT2D eigenvalue weighted by Gasteiger charge is 2.36. The summed E-state index contributed by atoms with van der Waals surface area (Å²) in [6.45, 7) is 0. The van der Waals surface area contributed by atoms with Crippen LogP contribution in [0.5, 0.6) is 0 Å². The van der Waals surface area contributed by atoms with Crippen LogP contribution in [0.3, 0.4) is 0 Å². The van der Waals surface area contributed by atoms with Gasteiger partial charge in [-0.05, 0) is 12.1 Å². The van der Waals surface area contributed by atoms with E-state index in [1.165, 1.54) is 24.3 Å². The minimum Gasteiger partial charge on any atom is -0.321 e. The highest BCUT2D eigenvalue weighted by atomic mass is 35.5. The van der Waals surface area contributed by atoms with E-state index >= 15 is 0 Å². The van der Waals surface area contributed by atoms with E-state index in [0.717, 1.165) is 0 Å². The van der Waals surface area contributed by atoms with E-state index in [1.807, 2.05) is 0 Å². The Balaban J connectivity index is 1.66. The Hall–Kier alpha value is -1.94. The molecule has 1 aliphatic rings. The van der Waals surface area contributed by atoms with Gasteiger partial charge in [-0.2, -0.15) is 0 Å². The third kappa shape index (κ3) is 5.43. The van der Waals surface area contributed by atoms with E-state index in [2.05, 4.69) is 10.6 Å². The number of hydrogen-bond donors (Lipinski definition) is 2. The second-order valence-electron chi connectivity index (χ2n) is 8.91. The monoisotopic (exact) mass is 786 g/mol. The van der Waals surface area contributed by atoms with Gasteiger partial charge in [0, 0.05) is 11.1 Å². The number of ketones is 2. The molecule has 0 radical (unpaired) electrons. The highest BCUT2D eigenvalue weighted by molar-refractivity contribution is 6.58. The third-order valence-corrected chi connectivity index (χ3v) is 11.0. The number of fused-ring (bicyclic) bond motifs is 2. The van der Waals surface area contributed by atoms with Crippen molar-refractivity contribution in [3.8, 4) is 0 Å². The van der Waals surface area contributed by atoms with Crippen LogP contribution in [0.1, 0.15) is 52.6 Å². The summed E-state index contributed by atoms with van der Waals surface area (Å²) < 4.78 is 0. The standard InChI is InChI=1S/C28H8Cl10N2O4/c29-15-13(16(30)20(34)23(37)19(15)33)27(43)39-9-5-6-10(12-11(9)25(41)7-3-1-2-4-8(7)26(12)42)40-28(44)14-17(31)21(35)24(38)22(36)18(14)32/h1-6H,(H,39,43)(H,40,44). The van der Waals surface area contributed by atoms with Crippen molar-refractivity contribution in [3.05, 3.63) is 120 Å². The lowest BCUT2D eigenvalue weighted by Gasteiger charge is -2.24. The van der Waals surface area contributed by atoms with Crippen molar-refractivity contribution in [1.82, 2.24) is 0 Å². The van der Waals surface area contributed by atoms with Crippen LogP contribution in [-0.2, 0) is 0 Å². The second kappa shape index (κ2) is 12.7. The summed E-state index contributed by atoms with van der Waals surface area (Å²) in [5.41, 5.74) is -1.31. The molecule has 16 heteroatoms. The zero-order valence-electron chi connectivity index (χ0n) is 20.9. The van der Waals surface area contributed by atoms with Crippen LogP contribution in [0.4, 0.5) is 11.4 Å². The van der Waals surface area contributed by atoms with Crippen LogP contribution < -0.4 is 10.6 Å². The first-order valence-electron chi connectivity index (χ1n) is 11.7. The lowest BCUT2D eigenvalue weighted by atomic mass is 9.82. The van der Waals surface area contributed by atoms with E-state index < -0.39 is 23.4 Å². The van der Waals surface area contributed by atoms with Crippen LogP contribution in [0.15, 0.2) is 36.4 Å². The van der Waals surface area contributed by atoms with Crippen molar-refractivity contribution < 1.29 is 19.2 Å². The Labute approximate surface area is 298 Å². The largest absolute Gasteiger partial charge is 0.321 e. The van der Waals surface area contributed by atoms with E-state index in [1.54, 1.807) is 12.1 Å². The van der Waals surface area contributed by atoms with Gasteiger partial charge < -0.3 is 10.6 Å². The molecule has 5 rings (SSSR count). The van der Waals surface area contributed by atoms with Crippen LogP contribution in [-0.4, -0.2) is 23.4 Å². The zero-order chi connectivity index (χ0) is 32.4. The van der Waals surface area contributed by atoms with Crippen molar-refractivity contribution in [1.29, 1.82) is 0 Å². The average Bonchev–Trinajstić information content (AvgIpc) is 3.00. The van der Waals surface area contributed by atoms with Gasteiger partial charge in [-0.25, -0.2) is 0 Å². The Morgan fingerprint density at radius 1 is 0.432 bits per heavy atom. The molecule has 1 aliphatic carbocycles. The summed E-state index contributed by atoms with van der Waals surface area (Å²) in [5, 5.41) is 2.60. The molecule has 6 nitrogen and oxygen atoms in total. The number of nitrogens with one attached hydrogen (secondary N) is 2. The first-order valence-corrected chi connectivity index (χ1v) is 15.5. The van der Waals surface area contributed by atoms with Gasteiger partial charge in [0.15, 0.2) is 11.6 Å². The zero-order valence-corrected chi connectivity index (χ0v) is 28.4. The molecule has 0 saturated heterocycles. The number of rotatable bonds is 4. The van der Waals surface area contributed by atoms with Crippen LogP contribution >= 0.6 is 116 Å². The lowest BCUT2D eigenvalue weighted by Crippen LogP contribution is -2.26. The maximum Gasteiger partial charge on any atom is 0.258 e. The summed E-state index contributed by atoms with van der Waals surface area (Å²) in [6.07, 6.45) is 0. The Kier molecular flexibility index (Phi) is 9.64. The van der Waals surface area contributed by atoms with Gasteiger partial charge in [-0.1, -0.05) is 140 Å². The van der Waals surface area contributed by atoms with Crippen molar-refractivity contribution in [2.45, 2.75) is 0 Å². The number of hydrogen-bond acceptors (Lipinski definition) is 4. The topological polar surface area (TPSA) is 92.3 Å². The predicted molar refractivity (Wildman–Crippen MR) is 179 cm³/mol. The number of benzene rings is 4. The molecular weight excluding hydrogens is 783 g/mol. The molecule has 0 heterocycles. The minimum absolute atomic E-state index is 0.0555. The van der Waals surface area contributed by atoms with E-state index in [0.29, 0.717) is 0 Å². The number of carbonyl (C=O) groups is 4. The number of carbonyl (C=O) groups excluding carboxylic acids is 4. The molecule has 0 saturated carbocycles. The van der Waals surface area contributed by atoms with Gasteiger partial charge >= 0.3 is 0 Å². The summed E-state index contributed by atoms with van der Waals surface area (Å²) in [4.78, 5) is 54.5. The number of anilines is 2. The SMILES string of the molecule is O=C(Nc1ccc(NC(=O)c2c(Cl)c(Cl)c(Cl)c(Cl)c2Cl)c2c1C(=O)c1ccccc1C2=O)c1c(Cl)c(Cl)c(Cl)c(Cl)c1Cl. The molecule has 0 unspecified atom stereocenters. The average molecular weight is 791 g/mol. The van der Waals surface area contributed by atoms with Gasteiger partial charge in [0.1, 0.15) is 0 Å². The van der Waals surface area contributed by atoms with E-state index in [-0.39, 0.29) is 95.0 Å². The smallest absolute Gasteiger partial charge is 0.258 e. The van der Waals surface area contributed by atoms with Gasteiger partial charge in [0.2, 0.25) is 0 Å². The summed E-state index contributed by atoms with van der Waals surface area (Å²) in [7, 11) is 0. The molecule has 0 aliphatic heterocycles. The number of amides is 2. The second-order valence-corrected chi connectivity index (χ2v) is 12.7. The minimum atomic E-state index is -0.928. The maximum absolute atomic E-state index is 13.8. The lowest BCUT2D eigenvalue weighted by molar-refractivity contribution is 0.0977. The fourth-order valence-corrected chi connectivity index (χ4v) is 7.03. The van der Waals surface area contributed by atoms with Crippen molar-refractivity contribution in [2.24, 2.45) is 0 Å². The number of halogens is 10. The van der Waals surface area contributed by atoms with Crippen LogP contribution in [0.2, 0.25) is 50.2 Å². The van der Waals surface area contributed by atoms with Crippen LogP contribution in [0, 0.1) is 0 Å². The van der Waals surface area contributed by atoms with Gasteiger partial charge in [0.25, 0.3) is 11.8 Å². The molecule has 0 fully saturated rings. The third-order valence-electron chi connectivity index (χ3n) is 6.45. The first kappa shape index (κ1) is 33.4. The normalized spacial score (nSPS) is 12.1. The first-order chi connectivity index (χ1) is 20.7. The molecule has 0 aromatic heterocycles. The quantitative estimate of drug-likeness (QED) is 0.140. The molecular formula is C28H8Cl10N2O4. The summed E-state index contributed by atoms with van der Waals surface area (Å²) >= 11 is 61.6. The highest BCUT2D eigenvalue weighted by Crippen LogP contribution is 2.46. The Morgan fingerprint density at radius 2 is 0.705 bits per heavy atom. The molecule has 4 aromatic rings. The molecule has 0 spiro atoms. The fraction of sp³-hybridized carbons (Fsp3) is 0. The summed E-state index contributed by atoms with van der Waals surface area (Å²) in [5.74, 6) is -3.13. The van der Waals surface area contributed by atoms with Crippen molar-refractivity contribution in [2.75, 3.05) is 10.6 Å². The van der Waals surface area contributed by atoms with Crippen molar-refractivity contribution >= 4 is 151 Å². The van der Waals surface area contributed by atoms with Crippen LogP contribution in [0.25, 0.3) is 0 Å². The van der Waals surface area contributed by atoms with E-state index in [9.17, 15) is 19.2 Å². The molecule has 2 N–H and O–H groups in total. The van der Waals surface area contributed by atoms with Gasteiger partial charge in [0.05, 0.1) is 83.9 Å². The molecule has 0 bridgehead atoms. The molecule has 2 amide bonds. The predicted octanol–water partition coefficient (Wildman–Crippen LogP) is 11.5. The maximum atomic E-state index is 13.8. The van der Waals surface area contributed by atoms with Gasteiger partial charge in [-0.3, -0.25) is 19.2 Å². The molecule has 0 atom stereocenters. The van der Waals surface area contributed by atoms with Gasteiger partial charge in [-0.15, -0.1) is 0 Å².